The third-order valence-corrected chi connectivity index (χ3v) is 6.29. The molecule has 1 atom stereocenters. The number of methoxy groups -OCH3 is 1. The van der Waals surface area contributed by atoms with Gasteiger partial charge in [0.15, 0.2) is 0 Å². The van der Waals surface area contributed by atoms with Crippen molar-refractivity contribution in [1.29, 1.82) is 0 Å². The molecule has 0 aliphatic heterocycles. The van der Waals surface area contributed by atoms with Crippen LogP contribution in [0.1, 0.15) is 13.3 Å². The van der Waals surface area contributed by atoms with Gasteiger partial charge in [-0.1, -0.05) is 55.1 Å². The Bertz CT molecular complexity index is 1130. The highest BCUT2D eigenvalue weighted by Crippen LogP contribution is 2.31. The molecular formula is C26H24N4O2S. The van der Waals surface area contributed by atoms with Crippen LogP contribution >= 0.6 is 11.8 Å². The second-order valence-corrected chi connectivity index (χ2v) is 8.38. The summed E-state index contributed by atoms with van der Waals surface area (Å²) in [6.45, 7) is 1.99. The molecule has 166 valence electrons. The lowest BCUT2D eigenvalue weighted by Crippen LogP contribution is -2.34. The number of thioether (sulfide) groups is 1. The molecule has 4 aromatic rings. The SMILES string of the molecule is CCC(Sc1ncc(-c2ccc(OC)cc2)nn1)C(=O)N(c1ccccc1)c1ccccc1. The number of nitrogens with zero attached hydrogens (tertiary/aromatic N) is 4. The van der Waals surface area contributed by atoms with E-state index in [2.05, 4.69) is 15.2 Å². The van der Waals surface area contributed by atoms with Gasteiger partial charge >= 0.3 is 0 Å². The summed E-state index contributed by atoms with van der Waals surface area (Å²) in [6, 6.07) is 26.9. The van der Waals surface area contributed by atoms with Crippen LogP contribution in [0, 0.1) is 0 Å². The number of hydrogen-bond donors (Lipinski definition) is 0. The molecule has 4 rings (SSSR count). The molecule has 0 aliphatic rings. The summed E-state index contributed by atoms with van der Waals surface area (Å²) < 4.78 is 5.19. The molecule has 0 radical (unpaired) electrons. The number of aromatic nitrogens is 3. The van der Waals surface area contributed by atoms with E-state index in [4.69, 9.17) is 4.74 Å². The van der Waals surface area contributed by atoms with E-state index in [0.29, 0.717) is 17.3 Å². The largest absolute Gasteiger partial charge is 0.497 e. The monoisotopic (exact) mass is 456 g/mol. The Labute approximate surface area is 197 Å². The van der Waals surface area contributed by atoms with Gasteiger partial charge in [-0.3, -0.25) is 9.69 Å². The predicted octanol–water partition coefficient (Wildman–Crippen LogP) is 5.78. The molecule has 0 saturated carbocycles. The van der Waals surface area contributed by atoms with Crippen molar-refractivity contribution in [3.05, 3.63) is 91.1 Å². The summed E-state index contributed by atoms with van der Waals surface area (Å²) in [5.41, 5.74) is 3.20. The van der Waals surface area contributed by atoms with Gasteiger partial charge in [-0.2, -0.15) is 0 Å². The van der Waals surface area contributed by atoms with Crippen LogP contribution in [-0.2, 0) is 4.79 Å². The average Bonchev–Trinajstić information content (AvgIpc) is 2.89. The van der Waals surface area contributed by atoms with Gasteiger partial charge in [0.25, 0.3) is 0 Å². The van der Waals surface area contributed by atoms with Crippen molar-refractivity contribution in [3.63, 3.8) is 0 Å². The normalized spacial score (nSPS) is 11.6. The third-order valence-electron chi connectivity index (χ3n) is 5.07. The van der Waals surface area contributed by atoms with Crippen molar-refractivity contribution in [2.24, 2.45) is 0 Å². The molecule has 1 heterocycles. The van der Waals surface area contributed by atoms with Gasteiger partial charge in [0.1, 0.15) is 11.4 Å². The summed E-state index contributed by atoms with van der Waals surface area (Å²) in [7, 11) is 1.63. The number of benzene rings is 3. The second-order valence-electron chi connectivity index (χ2n) is 7.21. The molecule has 0 fully saturated rings. The fourth-order valence-electron chi connectivity index (χ4n) is 3.35. The van der Waals surface area contributed by atoms with Crippen LogP contribution in [0.25, 0.3) is 11.3 Å². The maximum absolute atomic E-state index is 13.6. The van der Waals surface area contributed by atoms with Crippen LogP contribution in [0.3, 0.4) is 0 Å². The Morgan fingerprint density at radius 2 is 1.52 bits per heavy atom. The molecule has 0 N–H and O–H groups in total. The summed E-state index contributed by atoms with van der Waals surface area (Å²) in [5, 5.41) is 8.69. The topological polar surface area (TPSA) is 68.2 Å². The molecule has 6 nitrogen and oxygen atoms in total. The average molecular weight is 457 g/mol. The Morgan fingerprint density at radius 3 is 2.00 bits per heavy atom. The van der Waals surface area contributed by atoms with Crippen molar-refractivity contribution >= 4 is 29.0 Å². The fraction of sp³-hybridized carbons (Fsp3) is 0.154. The number of ether oxygens (including phenoxy) is 1. The van der Waals surface area contributed by atoms with Crippen LogP contribution in [0.4, 0.5) is 11.4 Å². The Hall–Kier alpha value is -3.71. The molecule has 0 saturated heterocycles. The van der Waals surface area contributed by atoms with Crippen molar-refractivity contribution in [3.8, 4) is 17.0 Å². The van der Waals surface area contributed by atoms with Crippen molar-refractivity contribution in [1.82, 2.24) is 15.2 Å². The number of amides is 1. The van der Waals surface area contributed by atoms with Crippen LogP contribution in [0.2, 0.25) is 0 Å². The molecular weight excluding hydrogens is 432 g/mol. The summed E-state index contributed by atoms with van der Waals surface area (Å²) in [5.74, 6) is 0.750. The Morgan fingerprint density at radius 1 is 0.909 bits per heavy atom. The molecule has 0 aliphatic carbocycles. The number of hydrogen-bond acceptors (Lipinski definition) is 6. The van der Waals surface area contributed by atoms with Crippen molar-refractivity contribution in [2.45, 2.75) is 23.8 Å². The zero-order chi connectivity index (χ0) is 23.0. The molecule has 0 bridgehead atoms. The molecule has 1 unspecified atom stereocenters. The van der Waals surface area contributed by atoms with Gasteiger partial charge in [0.05, 0.1) is 18.6 Å². The van der Waals surface area contributed by atoms with E-state index in [1.807, 2.05) is 91.9 Å². The van der Waals surface area contributed by atoms with Gasteiger partial charge in [-0.15, -0.1) is 10.2 Å². The summed E-state index contributed by atoms with van der Waals surface area (Å²) in [4.78, 5) is 19.9. The Kier molecular flexibility index (Phi) is 7.32. The minimum absolute atomic E-state index is 0.0252. The zero-order valence-corrected chi connectivity index (χ0v) is 19.3. The van der Waals surface area contributed by atoms with E-state index in [1.54, 1.807) is 18.2 Å². The van der Waals surface area contributed by atoms with Gasteiger partial charge in [-0.25, -0.2) is 4.98 Å². The zero-order valence-electron chi connectivity index (χ0n) is 18.5. The first kappa shape index (κ1) is 22.5. The van der Waals surface area contributed by atoms with Gasteiger partial charge in [-0.05, 0) is 55.0 Å². The highest BCUT2D eigenvalue weighted by molar-refractivity contribution is 8.00. The Balaban J connectivity index is 1.55. The molecule has 1 aromatic heterocycles. The van der Waals surface area contributed by atoms with E-state index < -0.39 is 0 Å². The summed E-state index contributed by atoms with van der Waals surface area (Å²) >= 11 is 1.33. The number of carbonyl (C=O) groups is 1. The molecule has 1 amide bonds. The second kappa shape index (κ2) is 10.7. The van der Waals surface area contributed by atoms with E-state index in [-0.39, 0.29) is 11.2 Å². The summed E-state index contributed by atoms with van der Waals surface area (Å²) in [6.07, 6.45) is 2.31. The van der Waals surface area contributed by atoms with Crippen molar-refractivity contribution in [2.75, 3.05) is 12.0 Å². The minimum atomic E-state index is -0.362. The fourth-order valence-corrected chi connectivity index (χ4v) is 4.18. The number of anilines is 2. The highest BCUT2D eigenvalue weighted by Gasteiger charge is 2.27. The first-order valence-corrected chi connectivity index (χ1v) is 11.5. The first-order valence-electron chi connectivity index (χ1n) is 10.6. The van der Waals surface area contributed by atoms with Crippen LogP contribution < -0.4 is 9.64 Å². The number of carbonyl (C=O) groups excluding carboxylic acids is 1. The number of rotatable bonds is 8. The molecule has 0 spiro atoms. The first-order chi connectivity index (χ1) is 16.2. The lowest BCUT2D eigenvalue weighted by Gasteiger charge is -2.26. The quantitative estimate of drug-likeness (QED) is 0.313. The lowest BCUT2D eigenvalue weighted by molar-refractivity contribution is -0.117. The third kappa shape index (κ3) is 5.38. The van der Waals surface area contributed by atoms with Crippen molar-refractivity contribution < 1.29 is 9.53 Å². The smallest absolute Gasteiger partial charge is 0.245 e. The van der Waals surface area contributed by atoms with E-state index >= 15 is 0 Å². The maximum Gasteiger partial charge on any atom is 0.245 e. The minimum Gasteiger partial charge on any atom is -0.497 e. The number of para-hydroxylation sites is 2. The van der Waals surface area contributed by atoms with E-state index in [0.717, 1.165) is 22.7 Å². The molecule has 3 aromatic carbocycles. The van der Waals surface area contributed by atoms with Crippen LogP contribution in [-0.4, -0.2) is 33.4 Å². The lowest BCUT2D eigenvalue weighted by atomic mass is 10.2. The van der Waals surface area contributed by atoms with Gasteiger partial charge < -0.3 is 4.74 Å². The van der Waals surface area contributed by atoms with Crippen LogP contribution in [0.5, 0.6) is 5.75 Å². The predicted molar refractivity (Wildman–Crippen MR) is 132 cm³/mol. The highest BCUT2D eigenvalue weighted by atomic mass is 32.2. The van der Waals surface area contributed by atoms with E-state index in [9.17, 15) is 4.79 Å². The van der Waals surface area contributed by atoms with Crippen LogP contribution in [0.15, 0.2) is 96.3 Å². The molecule has 7 heteroatoms. The standard InChI is InChI=1S/C26H24N4O2S/c1-3-24(25(31)30(20-10-6-4-7-11-20)21-12-8-5-9-13-21)33-26-27-18-23(28-29-26)19-14-16-22(32-2)17-15-19/h4-18,24H,3H2,1-2H3. The molecule has 33 heavy (non-hydrogen) atoms. The van der Waals surface area contributed by atoms with Gasteiger partial charge in [0, 0.05) is 16.9 Å². The van der Waals surface area contributed by atoms with Gasteiger partial charge in [0.2, 0.25) is 11.1 Å². The van der Waals surface area contributed by atoms with E-state index in [1.165, 1.54) is 11.8 Å². The maximum atomic E-state index is 13.6.